The molecule has 35 heavy (non-hydrogen) atoms. The zero-order valence-corrected chi connectivity index (χ0v) is 20.7. The van der Waals surface area contributed by atoms with Crippen LogP contribution in [0.4, 0.5) is 5.13 Å². The lowest BCUT2D eigenvalue weighted by Crippen LogP contribution is -2.53. The Bertz CT molecular complexity index is 1310. The topological polar surface area (TPSA) is 111 Å². The molecule has 1 atom stereocenters. The lowest BCUT2D eigenvalue weighted by molar-refractivity contribution is 0.00590. The second-order valence-electron chi connectivity index (χ2n) is 10.4. The van der Waals surface area contributed by atoms with Gasteiger partial charge in [0.05, 0.1) is 31.1 Å². The van der Waals surface area contributed by atoms with Gasteiger partial charge in [0, 0.05) is 54.3 Å². The number of likely N-dealkylation sites (tertiary alicyclic amines) is 1. The fourth-order valence-electron chi connectivity index (χ4n) is 5.20. The average Bonchev–Trinajstić information content (AvgIpc) is 3.40. The van der Waals surface area contributed by atoms with E-state index < -0.39 is 6.10 Å². The molecule has 2 aromatic heterocycles. The van der Waals surface area contributed by atoms with Gasteiger partial charge >= 0.3 is 0 Å². The van der Waals surface area contributed by atoms with Crippen molar-refractivity contribution in [2.45, 2.75) is 44.4 Å². The van der Waals surface area contributed by atoms with Crippen LogP contribution in [0.1, 0.15) is 45.1 Å². The number of H-pyrrole nitrogens is 1. The van der Waals surface area contributed by atoms with Crippen LogP contribution in [-0.2, 0) is 17.6 Å². The maximum absolute atomic E-state index is 12.8. The number of morpholine rings is 1. The first kappa shape index (κ1) is 22.5. The molecule has 0 spiro atoms. The molecule has 1 aromatic carbocycles. The number of aromatic nitrogens is 2. The van der Waals surface area contributed by atoms with Crippen LogP contribution in [0, 0.1) is 0 Å². The van der Waals surface area contributed by atoms with Gasteiger partial charge in [-0.05, 0) is 44.0 Å². The van der Waals surface area contributed by atoms with Crippen LogP contribution in [0.5, 0.6) is 0 Å². The third kappa shape index (κ3) is 4.09. The van der Waals surface area contributed by atoms with Crippen molar-refractivity contribution in [3.8, 4) is 0 Å². The second kappa shape index (κ2) is 8.32. The summed E-state index contributed by atoms with van der Waals surface area (Å²) in [5.74, 6) is -0.102. The van der Waals surface area contributed by atoms with Crippen molar-refractivity contribution in [2.75, 3.05) is 37.7 Å². The summed E-state index contributed by atoms with van der Waals surface area (Å²) in [6.45, 7) is 6.71. The number of nitrogens with zero attached hydrogens (tertiary/aromatic N) is 3. The van der Waals surface area contributed by atoms with E-state index in [1.54, 1.807) is 4.90 Å². The van der Waals surface area contributed by atoms with E-state index in [2.05, 4.69) is 15.2 Å². The highest BCUT2D eigenvalue weighted by molar-refractivity contribution is 7.17. The summed E-state index contributed by atoms with van der Waals surface area (Å²) in [7, 11) is 0. The number of β-amino-alcohol motifs (C(OH)–C–C–N with tert-alkyl or cyclic N) is 1. The van der Waals surface area contributed by atoms with Gasteiger partial charge in [-0.1, -0.05) is 11.3 Å². The summed E-state index contributed by atoms with van der Waals surface area (Å²) >= 11 is 1.46. The third-order valence-corrected chi connectivity index (χ3v) is 8.18. The first-order chi connectivity index (χ1) is 16.8. The quantitative estimate of drug-likeness (QED) is 0.510. The summed E-state index contributed by atoms with van der Waals surface area (Å²) < 4.78 is 5.84. The Balaban J connectivity index is 1.26. The Morgan fingerprint density at radius 1 is 1.34 bits per heavy atom. The van der Waals surface area contributed by atoms with Crippen molar-refractivity contribution in [3.63, 3.8) is 0 Å². The lowest BCUT2D eigenvalue weighted by Gasteiger charge is -2.36. The molecule has 3 aliphatic heterocycles. The van der Waals surface area contributed by atoms with Crippen molar-refractivity contribution in [1.29, 1.82) is 0 Å². The van der Waals surface area contributed by atoms with Gasteiger partial charge in [0.25, 0.3) is 11.8 Å². The molecule has 2 saturated heterocycles. The van der Waals surface area contributed by atoms with Gasteiger partial charge in [-0.25, -0.2) is 4.98 Å². The fraction of sp³-hybridized carbons (Fsp3) is 0.480. The molecule has 0 radical (unpaired) electrons. The second-order valence-corrected chi connectivity index (χ2v) is 11.3. The standard InChI is InChI=1S/C25H29N5O4S/c1-25(2)9-20-21(22(32)28-25)35-24(27-20)30-5-6-34-13-16(30)7-15-10-26-19-4-3-14(8-18(15)19)23(33)29-11-17(31)12-29/h3-4,8,10,16-17,26,31H,5-7,9,11-13H2,1-2H3,(H,28,32)/t16-/m0/s1. The van der Waals surface area contributed by atoms with E-state index in [0.717, 1.165) is 33.7 Å². The van der Waals surface area contributed by atoms with Crippen molar-refractivity contribution in [3.05, 3.63) is 46.1 Å². The number of carbonyl (C=O) groups is 2. The minimum atomic E-state index is -0.420. The molecule has 0 bridgehead atoms. The maximum atomic E-state index is 12.8. The Labute approximate surface area is 207 Å². The minimum absolute atomic E-state index is 0.0478. The van der Waals surface area contributed by atoms with Gasteiger partial charge in [0.2, 0.25) is 0 Å². The monoisotopic (exact) mass is 495 g/mol. The van der Waals surface area contributed by atoms with Gasteiger partial charge in [-0.15, -0.1) is 0 Å². The first-order valence-corrected chi connectivity index (χ1v) is 12.8. The number of anilines is 1. The first-order valence-electron chi connectivity index (χ1n) is 12.0. The van der Waals surface area contributed by atoms with E-state index in [-0.39, 0.29) is 23.4 Å². The minimum Gasteiger partial charge on any atom is -0.389 e. The van der Waals surface area contributed by atoms with E-state index in [9.17, 15) is 14.7 Å². The largest absolute Gasteiger partial charge is 0.389 e. The lowest BCUT2D eigenvalue weighted by atomic mass is 9.94. The van der Waals surface area contributed by atoms with Crippen LogP contribution in [0.2, 0.25) is 0 Å². The average molecular weight is 496 g/mol. The summed E-state index contributed by atoms with van der Waals surface area (Å²) in [6, 6.07) is 5.78. The number of hydrogen-bond donors (Lipinski definition) is 3. The van der Waals surface area contributed by atoms with E-state index in [1.807, 2.05) is 38.2 Å². The summed E-state index contributed by atoms with van der Waals surface area (Å²) in [6.07, 6.45) is 3.02. The predicted molar refractivity (Wildman–Crippen MR) is 133 cm³/mol. The van der Waals surface area contributed by atoms with Crippen LogP contribution in [0.3, 0.4) is 0 Å². The molecule has 0 saturated carbocycles. The SMILES string of the molecule is CC1(C)Cc2nc(N3CCOC[C@@H]3Cc3c[nH]c4ccc(C(=O)N5CC(O)C5)cc34)sc2C(=O)N1. The van der Waals surface area contributed by atoms with Crippen molar-refractivity contribution in [2.24, 2.45) is 0 Å². The highest BCUT2D eigenvalue weighted by atomic mass is 32.1. The zero-order valence-electron chi connectivity index (χ0n) is 19.8. The Hall–Kier alpha value is -2.95. The Morgan fingerprint density at radius 3 is 2.97 bits per heavy atom. The number of aliphatic hydroxyl groups excluding tert-OH is 1. The molecule has 9 nitrogen and oxygen atoms in total. The number of aromatic amines is 1. The summed E-state index contributed by atoms with van der Waals surface area (Å²) in [4.78, 5) is 38.3. The van der Waals surface area contributed by atoms with Crippen LogP contribution in [0.15, 0.2) is 24.4 Å². The number of rotatable bonds is 4. The van der Waals surface area contributed by atoms with E-state index in [1.165, 1.54) is 11.3 Å². The Kier molecular flexibility index (Phi) is 5.35. The number of fused-ring (bicyclic) bond motifs is 2. The van der Waals surface area contributed by atoms with E-state index >= 15 is 0 Å². The Morgan fingerprint density at radius 2 is 2.17 bits per heavy atom. The molecular weight excluding hydrogens is 466 g/mol. The number of nitrogens with one attached hydrogen (secondary N) is 2. The van der Waals surface area contributed by atoms with Gasteiger partial charge < -0.3 is 29.9 Å². The van der Waals surface area contributed by atoms with Gasteiger partial charge in [-0.2, -0.15) is 0 Å². The molecule has 10 heteroatoms. The number of thiazole rings is 1. The van der Waals surface area contributed by atoms with Crippen LogP contribution < -0.4 is 10.2 Å². The smallest absolute Gasteiger partial charge is 0.263 e. The highest BCUT2D eigenvalue weighted by Crippen LogP contribution is 2.34. The molecule has 6 rings (SSSR count). The molecule has 0 unspecified atom stereocenters. The van der Waals surface area contributed by atoms with Crippen LogP contribution in [-0.4, -0.2) is 82.3 Å². The number of amides is 2. The summed E-state index contributed by atoms with van der Waals surface area (Å²) in [5, 5.41) is 14.5. The molecule has 2 fully saturated rings. The molecule has 3 aromatic rings. The van der Waals surface area contributed by atoms with E-state index in [4.69, 9.17) is 9.72 Å². The number of aliphatic hydroxyl groups is 1. The van der Waals surface area contributed by atoms with Crippen molar-refractivity contribution >= 4 is 39.2 Å². The van der Waals surface area contributed by atoms with Gasteiger partial charge in [0.1, 0.15) is 4.88 Å². The number of ether oxygens (including phenoxy) is 1. The van der Waals surface area contributed by atoms with Crippen LogP contribution >= 0.6 is 11.3 Å². The summed E-state index contributed by atoms with van der Waals surface area (Å²) in [5.41, 5.74) is 3.29. The maximum Gasteiger partial charge on any atom is 0.263 e. The fourth-order valence-corrected chi connectivity index (χ4v) is 6.28. The number of carbonyl (C=O) groups excluding carboxylic acids is 2. The zero-order chi connectivity index (χ0) is 24.3. The molecule has 3 N–H and O–H groups in total. The number of benzene rings is 1. The molecule has 3 aliphatic rings. The molecule has 2 amide bonds. The molecule has 5 heterocycles. The molecule has 0 aliphatic carbocycles. The number of hydrogen-bond acceptors (Lipinski definition) is 7. The van der Waals surface area contributed by atoms with Crippen molar-refractivity contribution in [1.82, 2.24) is 20.2 Å². The van der Waals surface area contributed by atoms with Gasteiger partial charge in [-0.3, -0.25) is 9.59 Å². The van der Waals surface area contributed by atoms with Gasteiger partial charge in [0.15, 0.2) is 5.13 Å². The van der Waals surface area contributed by atoms with E-state index in [0.29, 0.717) is 49.7 Å². The van der Waals surface area contributed by atoms with Crippen LogP contribution in [0.25, 0.3) is 10.9 Å². The molecular formula is C25H29N5O4S. The molecule has 184 valence electrons. The third-order valence-electron chi connectivity index (χ3n) is 7.05. The predicted octanol–water partition coefficient (Wildman–Crippen LogP) is 1.95. The normalized spacial score (nSPS) is 22.1. The van der Waals surface area contributed by atoms with Crippen molar-refractivity contribution < 1.29 is 19.4 Å². The highest BCUT2D eigenvalue weighted by Gasteiger charge is 2.36.